The number of hydrogen-bond acceptors (Lipinski definition) is 7. The van der Waals surface area contributed by atoms with Gasteiger partial charge < -0.3 is 35.7 Å². The SMILES string of the molecule is COCCCn1c([C@@H]2CCCN(C(=O)[C@@H]3CNC[C@H]3NC(=O)OCC3c4ccccc4-c4ccccc43)C2)nc2ccccc21.N. The van der Waals surface area contributed by atoms with Crippen molar-refractivity contribution in [2.75, 3.05) is 46.5 Å². The fourth-order valence-corrected chi connectivity index (χ4v) is 7.51. The molecule has 2 fully saturated rings. The lowest BCUT2D eigenvalue weighted by molar-refractivity contribution is -0.136. The van der Waals surface area contributed by atoms with Gasteiger partial charge in [-0.2, -0.15) is 0 Å². The monoisotopic (exact) mass is 624 g/mol. The van der Waals surface area contributed by atoms with Crippen molar-refractivity contribution in [1.29, 1.82) is 0 Å². The fourth-order valence-electron chi connectivity index (χ4n) is 7.51. The maximum atomic E-state index is 13.9. The summed E-state index contributed by atoms with van der Waals surface area (Å²) in [5, 5.41) is 6.34. The molecule has 5 N–H and O–H groups in total. The van der Waals surface area contributed by atoms with Crippen LogP contribution in [0, 0.1) is 5.92 Å². The second-order valence-electron chi connectivity index (χ2n) is 12.4. The minimum Gasteiger partial charge on any atom is -0.449 e. The number of methoxy groups -OCH3 is 1. The molecule has 3 atom stereocenters. The third kappa shape index (κ3) is 6.12. The average Bonchev–Trinajstić information content (AvgIpc) is 3.78. The molecular formula is C36H44N6O4. The second-order valence-corrected chi connectivity index (χ2v) is 12.4. The van der Waals surface area contributed by atoms with Gasteiger partial charge in [0.2, 0.25) is 5.91 Å². The van der Waals surface area contributed by atoms with E-state index in [-0.39, 0.29) is 42.5 Å². The highest BCUT2D eigenvalue weighted by molar-refractivity contribution is 5.82. The zero-order valence-electron chi connectivity index (χ0n) is 26.5. The molecule has 0 unspecified atom stereocenters. The Morgan fingerprint density at radius 2 is 1.70 bits per heavy atom. The van der Waals surface area contributed by atoms with Gasteiger partial charge in [0.25, 0.3) is 0 Å². The van der Waals surface area contributed by atoms with Gasteiger partial charge in [-0.3, -0.25) is 4.79 Å². The van der Waals surface area contributed by atoms with E-state index in [9.17, 15) is 9.59 Å². The van der Waals surface area contributed by atoms with Crippen molar-refractivity contribution in [3.8, 4) is 11.1 Å². The van der Waals surface area contributed by atoms with Crippen LogP contribution < -0.4 is 16.8 Å². The number of piperidine rings is 1. The highest BCUT2D eigenvalue weighted by Gasteiger charge is 2.39. The van der Waals surface area contributed by atoms with E-state index in [2.05, 4.69) is 51.6 Å². The first-order chi connectivity index (χ1) is 22.1. The highest BCUT2D eigenvalue weighted by Crippen LogP contribution is 2.44. The van der Waals surface area contributed by atoms with Crippen LogP contribution in [0.15, 0.2) is 72.8 Å². The van der Waals surface area contributed by atoms with Gasteiger partial charge in [0, 0.05) is 58.3 Å². The second kappa shape index (κ2) is 14.0. The summed E-state index contributed by atoms with van der Waals surface area (Å²) in [6.07, 6.45) is 2.32. The molecule has 0 radical (unpaired) electrons. The summed E-state index contributed by atoms with van der Waals surface area (Å²) >= 11 is 0. The topological polar surface area (TPSA) is 133 Å². The number of fused-ring (bicyclic) bond motifs is 4. The quantitative estimate of drug-likeness (QED) is 0.222. The summed E-state index contributed by atoms with van der Waals surface area (Å²) in [6.45, 7) is 4.17. The first-order valence-electron chi connectivity index (χ1n) is 16.2. The summed E-state index contributed by atoms with van der Waals surface area (Å²) in [6, 6.07) is 24.5. The molecule has 0 saturated carbocycles. The number of imidazole rings is 1. The Balaban J connectivity index is 0.00000372. The Morgan fingerprint density at radius 1 is 0.978 bits per heavy atom. The van der Waals surface area contributed by atoms with E-state index in [1.165, 1.54) is 22.3 Å². The van der Waals surface area contributed by atoms with Crippen LogP contribution in [0.1, 0.15) is 48.0 Å². The molecule has 2 amide bonds. The molecule has 2 aliphatic heterocycles. The lowest BCUT2D eigenvalue weighted by atomic mass is 9.94. The van der Waals surface area contributed by atoms with Crippen molar-refractivity contribution in [1.82, 2.24) is 31.2 Å². The minimum absolute atomic E-state index is 0. The van der Waals surface area contributed by atoms with Crippen LogP contribution in [-0.2, 0) is 20.8 Å². The number of carbonyl (C=O) groups is 2. The molecule has 0 spiro atoms. The summed E-state index contributed by atoms with van der Waals surface area (Å²) in [5.74, 6) is 0.926. The summed E-state index contributed by atoms with van der Waals surface area (Å²) < 4.78 is 13.4. The molecule has 242 valence electrons. The number of carbonyl (C=O) groups excluding carboxylic acids is 2. The number of aromatic nitrogens is 2. The fraction of sp³-hybridized carbons (Fsp3) is 0.417. The van der Waals surface area contributed by atoms with Gasteiger partial charge in [0.05, 0.1) is 23.0 Å². The Hall–Kier alpha value is -4.25. The minimum atomic E-state index is -0.482. The number of hydrogen-bond donors (Lipinski definition) is 3. The van der Waals surface area contributed by atoms with Crippen LogP contribution in [0.25, 0.3) is 22.2 Å². The molecule has 1 aliphatic carbocycles. The van der Waals surface area contributed by atoms with Crippen LogP contribution in [0.4, 0.5) is 4.79 Å². The van der Waals surface area contributed by atoms with E-state index in [1.54, 1.807) is 7.11 Å². The van der Waals surface area contributed by atoms with Gasteiger partial charge in [-0.1, -0.05) is 60.7 Å². The molecule has 3 aromatic carbocycles. The molecule has 7 rings (SSSR count). The number of rotatable bonds is 9. The lowest BCUT2D eigenvalue weighted by Gasteiger charge is -2.35. The van der Waals surface area contributed by atoms with Crippen molar-refractivity contribution in [3.63, 3.8) is 0 Å². The summed E-state index contributed by atoms with van der Waals surface area (Å²) in [4.78, 5) is 34.0. The molecule has 2 saturated heterocycles. The number of ether oxygens (including phenoxy) is 2. The number of alkyl carbamates (subject to hydrolysis) is 1. The summed E-state index contributed by atoms with van der Waals surface area (Å²) in [7, 11) is 1.73. The van der Waals surface area contributed by atoms with Crippen LogP contribution >= 0.6 is 0 Å². The number of aryl methyl sites for hydroxylation is 1. The van der Waals surface area contributed by atoms with Gasteiger partial charge >= 0.3 is 6.09 Å². The Morgan fingerprint density at radius 3 is 2.46 bits per heavy atom. The Bertz CT molecular complexity index is 1640. The molecule has 0 bridgehead atoms. The van der Waals surface area contributed by atoms with E-state index in [1.807, 2.05) is 41.3 Å². The van der Waals surface area contributed by atoms with E-state index in [4.69, 9.17) is 14.5 Å². The third-order valence-corrected chi connectivity index (χ3v) is 9.69. The van der Waals surface area contributed by atoms with Crippen molar-refractivity contribution in [2.24, 2.45) is 5.92 Å². The summed E-state index contributed by atoms with van der Waals surface area (Å²) in [5.41, 5.74) is 6.85. The van der Waals surface area contributed by atoms with Crippen LogP contribution in [-0.4, -0.2) is 79.0 Å². The number of nitrogens with one attached hydrogen (secondary N) is 2. The van der Waals surface area contributed by atoms with Crippen molar-refractivity contribution in [3.05, 3.63) is 89.7 Å². The normalized spacial score (nSPS) is 20.6. The van der Waals surface area contributed by atoms with E-state index in [0.29, 0.717) is 32.8 Å². The number of amides is 2. The molecule has 10 nitrogen and oxygen atoms in total. The smallest absolute Gasteiger partial charge is 0.407 e. The Kier molecular flexibility index (Phi) is 9.67. The van der Waals surface area contributed by atoms with Gasteiger partial charge in [0.1, 0.15) is 12.4 Å². The van der Waals surface area contributed by atoms with Gasteiger partial charge in [0.15, 0.2) is 0 Å². The number of nitrogens with zero attached hydrogens (tertiary/aromatic N) is 3. The van der Waals surface area contributed by atoms with Crippen molar-refractivity contribution >= 4 is 23.0 Å². The largest absolute Gasteiger partial charge is 0.449 e. The zero-order chi connectivity index (χ0) is 30.8. The Labute approximate surface area is 270 Å². The van der Waals surface area contributed by atoms with Gasteiger partial charge in [-0.15, -0.1) is 0 Å². The maximum Gasteiger partial charge on any atom is 0.407 e. The van der Waals surface area contributed by atoms with E-state index in [0.717, 1.165) is 42.7 Å². The molecule has 3 heterocycles. The number of para-hydroxylation sites is 2. The highest BCUT2D eigenvalue weighted by atomic mass is 16.5. The lowest BCUT2D eigenvalue weighted by Crippen LogP contribution is -2.50. The number of likely N-dealkylation sites (tertiary alicyclic amines) is 1. The average molecular weight is 625 g/mol. The predicted molar refractivity (Wildman–Crippen MR) is 178 cm³/mol. The first-order valence-corrected chi connectivity index (χ1v) is 16.2. The van der Waals surface area contributed by atoms with Crippen molar-refractivity contribution in [2.45, 2.75) is 43.7 Å². The molecule has 46 heavy (non-hydrogen) atoms. The molecule has 10 heteroatoms. The zero-order valence-corrected chi connectivity index (χ0v) is 26.5. The maximum absolute atomic E-state index is 13.9. The van der Waals surface area contributed by atoms with Crippen LogP contribution in [0.3, 0.4) is 0 Å². The molecule has 4 aromatic rings. The standard InChI is InChI=1S/C36H41N5O4.H3N/c1-44-19-9-18-41-33-16-7-6-15-31(33)38-34(41)24-10-8-17-40(22-24)35(42)29-20-37-21-32(29)39-36(43)45-23-30-27-13-4-2-11-25(27)26-12-3-5-14-28(26)30;/h2-7,11-16,24,29-30,32,37H,8-10,17-23H2,1H3,(H,39,43);1H3/t24-,29-,32-;/m1./s1. The molecular weight excluding hydrogens is 580 g/mol. The van der Waals surface area contributed by atoms with Crippen LogP contribution in [0.5, 0.6) is 0 Å². The molecule has 3 aliphatic rings. The van der Waals surface area contributed by atoms with Gasteiger partial charge in [-0.05, 0) is 53.6 Å². The van der Waals surface area contributed by atoms with Crippen molar-refractivity contribution < 1.29 is 19.1 Å². The van der Waals surface area contributed by atoms with Crippen LogP contribution in [0.2, 0.25) is 0 Å². The van der Waals surface area contributed by atoms with E-state index >= 15 is 0 Å². The predicted octanol–water partition coefficient (Wildman–Crippen LogP) is 5.07. The van der Waals surface area contributed by atoms with Gasteiger partial charge in [-0.25, -0.2) is 9.78 Å². The molecule has 1 aromatic heterocycles. The first kappa shape index (κ1) is 31.7. The number of benzene rings is 3. The van der Waals surface area contributed by atoms with E-state index < -0.39 is 6.09 Å². The third-order valence-electron chi connectivity index (χ3n) is 9.69.